The molecule has 0 saturated carbocycles. The first-order valence-electron chi connectivity index (χ1n) is 11.7. The molecule has 5 rings (SSSR count). The molecule has 4 aromatic rings. The Morgan fingerprint density at radius 3 is 2.53 bits per heavy atom. The molecule has 5 heteroatoms. The van der Waals surface area contributed by atoms with Crippen LogP contribution in [0.25, 0.3) is 16.9 Å². The van der Waals surface area contributed by atoms with E-state index in [1.807, 2.05) is 41.9 Å². The summed E-state index contributed by atoms with van der Waals surface area (Å²) in [7, 11) is 2.12. The van der Waals surface area contributed by atoms with E-state index in [4.69, 9.17) is 5.10 Å². The highest BCUT2D eigenvalue weighted by molar-refractivity contribution is 5.77. The molecule has 2 heterocycles. The summed E-state index contributed by atoms with van der Waals surface area (Å²) < 4.78 is 1.95. The van der Waals surface area contributed by atoms with Crippen LogP contribution in [0.4, 0.5) is 5.69 Å². The minimum atomic E-state index is -0.836. The van der Waals surface area contributed by atoms with Gasteiger partial charge in [-0.1, -0.05) is 53.6 Å². The van der Waals surface area contributed by atoms with Gasteiger partial charge < -0.3 is 10.0 Å². The number of aryl methyl sites for hydroxylation is 2. The molecule has 0 aliphatic carbocycles. The fourth-order valence-corrected chi connectivity index (χ4v) is 4.79. The van der Waals surface area contributed by atoms with Gasteiger partial charge in [0.05, 0.1) is 23.0 Å². The highest BCUT2D eigenvalue weighted by Crippen LogP contribution is 2.33. The first-order valence-corrected chi connectivity index (χ1v) is 11.7. The van der Waals surface area contributed by atoms with Crippen molar-refractivity contribution in [3.05, 3.63) is 101 Å². The summed E-state index contributed by atoms with van der Waals surface area (Å²) in [4.78, 5) is 14.5. The fourth-order valence-electron chi connectivity index (χ4n) is 4.79. The molecule has 1 unspecified atom stereocenters. The number of likely N-dealkylation sites (N-methyl/N-ethyl adjacent to an activating group) is 1. The molecule has 1 aromatic heterocycles. The Labute approximate surface area is 200 Å². The summed E-state index contributed by atoms with van der Waals surface area (Å²) >= 11 is 0. The van der Waals surface area contributed by atoms with Gasteiger partial charge in [0.25, 0.3) is 0 Å². The molecule has 1 N–H and O–H groups in total. The maximum atomic E-state index is 12.2. The van der Waals surface area contributed by atoms with Crippen molar-refractivity contribution >= 4 is 11.7 Å². The van der Waals surface area contributed by atoms with Crippen molar-refractivity contribution in [1.29, 1.82) is 0 Å². The first kappa shape index (κ1) is 22.0. The van der Waals surface area contributed by atoms with Gasteiger partial charge in [-0.15, -0.1) is 0 Å². The molecule has 172 valence electrons. The third-order valence-corrected chi connectivity index (χ3v) is 6.70. The molecule has 3 aromatic carbocycles. The fraction of sp³-hybridized carbons (Fsp3) is 0.241. The Hall–Kier alpha value is -3.86. The maximum Gasteiger partial charge on any atom is 0.311 e. The number of aromatic nitrogens is 2. The van der Waals surface area contributed by atoms with Crippen LogP contribution in [0.3, 0.4) is 0 Å². The maximum absolute atomic E-state index is 12.2. The van der Waals surface area contributed by atoms with E-state index in [1.165, 1.54) is 16.8 Å². The summed E-state index contributed by atoms with van der Waals surface area (Å²) in [6.45, 7) is 5.07. The molecule has 1 atom stereocenters. The lowest BCUT2D eigenvalue weighted by Gasteiger charge is -2.13. The number of carboxylic acids is 1. The predicted octanol–water partition coefficient (Wildman–Crippen LogP) is 5.56. The summed E-state index contributed by atoms with van der Waals surface area (Å²) in [5.74, 6) is -1.49. The molecule has 0 amide bonds. The van der Waals surface area contributed by atoms with Crippen LogP contribution in [0, 0.1) is 13.8 Å². The van der Waals surface area contributed by atoms with Crippen molar-refractivity contribution in [3.8, 4) is 16.9 Å². The SMILES string of the molecule is Cc1ccc(-n2nc(CC(C(=O)O)c3cccc(C)c3)cc2-c2ccc3c(c2)CCN3C)cc1. The number of anilines is 1. The van der Waals surface area contributed by atoms with E-state index in [0.29, 0.717) is 6.42 Å². The van der Waals surface area contributed by atoms with E-state index in [2.05, 4.69) is 61.3 Å². The zero-order chi connectivity index (χ0) is 23.8. The van der Waals surface area contributed by atoms with Crippen LogP contribution in [0.2, 0.25) is 0 Å². The second-order valence-corrected chi connectivity index (χ2v) is 9.29. The van der Waals surface area contributed by atoms with E-state index in [9.17, 15) is 9.90 Å². The second kappa shape index (κ2) is 8.82. The molecular weight excluding hydrogens is 422 g/mol. The highest BCUT2D eigenvalue weighted by atomic mass is 16.4. The molecule has 34 heavy (non-hydrogen) atoms. The lowest BCUT2D eigenvalue weighted by Crippen LogP contribution is -2.15. The Morgan fingerprint density at radius 1 is 1.00 bits per heavy atom. The van der Waals surface area contributed by atoms with E-state index in [0.717, 1.165) is 46.7 Å². The van der Waals surface area contributed by atoms with Crippen LogP contribution in [0.5, 0.6) is 0 Å². The average molecular weight is 452 g/mol. The Balaban J connectivity index is 1.58. The van der Waals surface area contributed by atoms with Gasteiger partial charge in [-0.05, 0) is 61.7 Å². The number of aliphatic carboxylic acids is 1. The number of benzene rings is 3. The molecular formula is C29H29N3O2. The highest BCUT2D eigenvalue weighted by Gasteiger charge is 2.24. The van der Waals surface area contributed by atoms with Crippen molar-refractivity contribution in [3.63, 3.8) is 0 Å². The Morgan fingerprint density at radius 2 is 1.79 bits per heavy atom. The molecule has 0 saturated heterocycles. The number of carbonyl (C=O) groups is 1. The van der Waals surface area contributed by atoms with E-state index < -0.39 is 11.9 Å². The number of hydrogen-bond donors (Lipinski definition) is 1. The predicted molar refractivity (Wildman–Crippen MR) is 136 cm³/mol. The minimum absolute atomic E-state index is 0.332. The summed E-state index contributed by atoms with van der Waals surface area (Å²) in [5.41, 5.74) is 9.45. The standard InChI is InChI=1S/C29H29N3O2/c1-19-7-10-25(11-8-19)32-28(22-9-12-27-23(16-22)13-14-31(27)3)18-24(30-32)17-26(29(33)34)21-6-4-5-20(2)15-21/h4-12,15-16,18,26H,13-14,17H2,1-3H3,(H,33,34). The van der Waals surface area contributed by atoms with Crippen molar-refractivity contribution in [2.45, 2.75) is 32.6 Å². The third kappa shape index (κ3) is 4.21. The van der Waals surface area contributed by atoms with Gasteiger partial charge in [0, 0.05) is 31.3 Å². The Bertz CT molecular complexity index is 1350. The third-order valence-electron chi connectivity index (χ3n) is 6.70. The van der Waals surface area contributed by atoms with Gasteiger partial charge in [0.2, 0.25) is 0 Å². The minimum Gasteiger partial charge on any atom is -0.481 e. The molecule has 1 aliphatic rings. The van der Waals surface area contributed by atoms with E-state index in [1.54, 1.807) is 0 Å². The lowest BCUT2D eigenvalue weighted by atomic mass is 9.93. The largest absolute Gasteiger partial charge is 0.481 e. The molecule has 5 nitrogen and oxygen atoms in total. The topological polar surface area (TPSA) is 58.4 Å². The molecule has 0 fully saturated rings. The number of nitrogens with zero attached hydrogens (tertiary/aromatic N) is 3. The van der Waals surface area contributed by atoms with E-state index >= 15 is 0 Å². The van der Waals surface area contributed by atoms with Crippen LogP contribution in [-0.4, -0.2) is 34.4 Å². The van der Waals surface area contributed by atoms with Crippen molar-refractivity contribution < 1.29 is 9.90 Å². The molecule has 1 aliphatic heterocycles. The zero-order valence-electron chi connectivity index (χ0n) is 19.8. The monoisotopic (exact) mass is 451 g/mol. The molecule has 0 bridgehead atoms. The zero-order valence-corrected chi connectivity index (χ0v) is 19.8. The Kier molecular flexibility index (Phi) is 5.70. The van der Waals surface area contributed by atoms with Crippen LogP contribution < -0.4 is 4.90 Å². The summed E-state index contributed by atoms with van der Waals surface area (Å²) in [6.07, 6.45) is 1.36. The molecule has 0 spiro atoms. The average Bonchev–Trinajstić information content (AvgIpc) is 3.41. The second-order valence-electron chi connectivity index (χ2n) is 9.29. The van der Waals surface area contributed by atoms with Gasteiger partial charge in [-0.25, -0.2) is 4.68 Å². The van der Waals surface area contributed by atoms with Gasteiger partial charge in [-0.2, -0.15) is 5.10 Å². The number of fused-ring (bicyclic) bond motifs is 1. The first-order chi connectivity index (χ1) is 16.4. The smallest absolute Gasteiger partial charge is 0.311 e. The number of rotatable bonds is 6. The van der Waals surface area contributed by atoms with Crippen molar-refractivity contribution in [1.82, 2.24) is 9.78 Å². The van der Waals surface area contributed by atoms with Gasteiger partial charge in [-0.3, -0.25) is 4.79 Å². The number of hydrogen-bond acceptors (Lipinski definition) is 3. The van der Waals surface area contributed by atoms with Crippen LogP contribution in [-0.2, 0) is 17.6 Å². The summed E-state index contributed by atoms with van der Waals surface area (Å²) in [5, 5.41) is 14.9. The van der Waals surface area contributed by atoms with Gasteiger partial charge >= 0.3 is 5.97 Å². The van der Waals surface area contributed by atoms with Crippen LogP contribution in [0.15, 0.2) is 72.8 Å². The van der Waals surface area contributed by atoms with Crippen molar-refractivity contribution in [2.75, 3.05) is 18.5 Å². The lowest BCUT2D eigenvalue weighted by molar-refractivity contribution is -0.138. The van der Waals surface area contributed by atoms with Crippen LogP contribution >= 0.6 is 0 Å². The van der Waals surface area contributed by atoms with E-state index in [-0.39, 0.29) is 0 Å². The van der Waals surface area contributed by atoms with Gasteiger partial charge in [0.15, 0.2) is 0 Å². The quantitative estimate of drug-likeness (QED) is 0.417. The molecule has 0 radical (unpaired) electrons. The van der Waals surface area contributed by atoms with Gasteiger partial charge in [0.1, 0.15) is 0 Å². The summed E-state index contributed by atoms with van der Waals surface area (Å²) in [6, 6.07) is 24.6. The van der Waals surface area contributed by atoms with Crippen LogP contribution in [0.1, 0.15) is 33.9 Å². The normalized spacial score (nSPS) is 13.7. The van der Waals surface area contributed by atoms with Crippen molar-refractivity contribution in [2.24, 2.45) is 0 Å². The number of carboxylic acid groups (broad SMARTS) is 1.